The smallest absolute Gasteiger partial charge is 0.311 e. The molecule has 7 heteroatoms. The highest BCUT2D eigenvalue weighted by Gasteiger charge is 2.31. The van der Waals surface area contributed by atoms with E-state index in [0.717, 1.165) is 22.1 Å². The minimum Gasteiger partial charge on any atom is -0.457 e. The molecule has 150 valence electrons. The maximum atomic E-state index is 12.6. The number of carbonyl (C=O) groups is 3. The topological polar surface area (TPSA) is 63.7 Å². The number of thiophene rings is 2. The molecule has 0 aliphatic carbocycles. The summed E-state index contributed by atoms with van der Waals surface area (Å²) >= 11 is 2.83. The van der Waals surface area contributed by atoms with Crippen molar-refractivity contribution >= 4 is 50.4 Å². The number of hydrogen-bond donors (Lipinski definition) is 0. The Morgan fingerprint density at radius 2 is 2.00 bits per heavy atom. The number of carbonyl (C=O) groups excluding carboxylic acids is 3. The van der Waals surface area contributed by atoms with Crippen LogP contribution in [0.3, 0.4) is 0 Å². The second-order valence-corrected chi connectivity index (χ2v) is 9.15. The van der Waals surface area contributed by atoms with Gasteiger partial charge in [0.2, 0.25) is 5.78 Å². The fourth-order valence-corrected chi connectivity index (χ4v) is 5.49. The Balaban J connectivity index is 1.37. The van der Waals surface area contributed by atoms with Gasteiger partial charge in [0.05, 0.1) is 15.7 Å². The summed E-state index contributed by atoms with van der Waals surface area (Å²) in [6, 6.07) is 11.5. The summed E-state index contributed by atoms with van der Waals surface area (Å²) in [4.78, 5) is 40.7. The van der Waals surface area contributed by atoms with Crippen LogP contribution in [0, 0.1) is 12.8 Å². The van der Waals surface area contributed by atoms with Crippen LogP contribution in [0.4, 0.5) is 0 Å². The van der Waals surface area contributed by atoms with E-state index in [1.807, 2.05) is 42.6 Å². The molecule has 0 N–H and O–H groups in total. The number of rotatable bonds is 5. The SMILES string of the molecule is Cc1c(C(=O)COC(=O)C2CCCN(C(=O)c3cccs3)C2)sc2ccccc12. The number of nitrogens with zero attached hydrogens (tertiary/aromatic N) is 1. The zero-order valence-electron chi connectivity index (χ0n) is 16.1. The average molecular weight is 428 g/mol. The standard InChI is InChI=1S/C22H21NO4S2/c1-14-16-7-2-3-8-18(16)29-20(14)17(24)13-27-22(26)15-6-4-10-23(12-15)21(25)19-9-5-11-28-19/h2-3,5,7-9,11,15H,4,6,10,12-13H2,1H3. The molecule has 1 atom stereocenters. The lowest BCUT2D eigenvalue weighted by atomic mass is 9.98. The Hall–Kier alpha value is -2.51. The number of aryl methyl sites for hydroxylation is 1. The van der Waals surface area contributed by atoms with E-state index in [2.05, 4.69) is 0 Å². The Labute approximate surface area is 176 Å². The first-order valence-corrected chi connectivity index (χ1v) is 11.2. The van der Waals surface area contributed by atoms with E-state index in [1.54, 1.807) is 11.0 Å². The average Bonchev–Trinajstić information content (AvgIpc) is 3.40. The van der Waals surface area contributed by atoms with Crippen LogP contribution < -0.4 is 0 Å². The Morgan fingerprint density at radius 3 is 2.76 bits per heavy atom. The molecule has 0 radical (unpaired) electrons. The van der Waals surface area contributed by atoms with Crippen LogP contribution >= 0.6 is 22.7 Å². The van der Waals surface area contributed by atoms with Crippen LogP contribution in [0.5, 0.6) is 0 Å². The molecule has 0 spiro atoms. The van der Waals surface area contributed by atoms with Gasteiger partial charge in [-0.15, -0.1) is 22.7 Å². The molecule has 1 aromatic carbocycles. The quantitative estimate of drug-likeness (QED) is 0.443. The number of esters is 1. The number of fused-ring (bicyclic) bond motifs is 1. The van der Waals surface area contributed by atoms with Gasteiger partial charge in [-0.1, -0.05) is 24.3 Å². The predicted octanol–water partition coefficient (Wildman–Crippen LogP) is 4.55. The zero-order chi connectivity index (χ0) is 20.4. The summed E-state index contributed by atoms with van der Waals surface area (Å²) in [5.74, 6) is -1.02. The molecule has 1 fully saturated rings. The van der Waals surface area contributed by atoms with Crippen molar-refractivity contribution in [1.82, 2.24) is 4.90 Å². The summed E-state index contributed by atoms with van der Waals surface area (Å²) in [5.41, 5.74) is 0.928. The van der Waals surface area contributed by atoms with Crippen LogP contribution in [0.2, 0.25) is 0 Å². The number of ether oxygens (including phenoxy) is 1. The first-order chi connectivity index (χ1) is 14.0. The number of benzene rings is 1. The number of hydrogen-bond acceptors (Lipinski definition) is 6. The van der Waals surface area contributed by atoms with Crippen LogP contribution in [0.15, 0.2) is 41.8 Å². The molecule has 0 bridgehead atoms. The molecular weight excluding hydrogens is 406 g/mol. The van der Waals surface area contributed by atoms with Crippen LogP contribution in [-0.4, -0.2) is 42.3 Å². The minimum atomic E-state index is -0.402. The van der Waals surface area contributed by atoms with Crippen molar-refractivity contribution in [3.05, 3.63) is 57.1 Å². The van der Waals surface area contributed by atoms with Crippen LogP contribution in [-0.2, 0) is 9.53 Å². The monoisotopic (exact) mass is 427 g/mol. The highest BCUT2D eigenvalue weighted by molar-refractivity contribution is 7.21. The second kappa shape index (κ2) is 8.47. The second-order valence-electron chi connectivity index (χ2n) is 7.15. The van der Waals surface area contributed by atoms with E-state index in [-0.39, 0.29) is 24.2 Å². The van der Waals surface area contributed by atoms with Gasteiger partial charge in [0.15, 0.2) is 6.61 Å². The predicted molar refractivity (Wildman–Crippen MR) is 115 cm³/mol. The van der Waals surface area contributed by atoms with Gasteiger partial charge in [-0.25, -0.2) is 0 Å². The molecule has 0 saturated carbocycles. The highest BCUT2D eigenvalue weighted by atomic mass is 32.1. The van der Waals surface area contributed by atoms with Gasteiger partial charge in [0.25, 0.3) is 5.91 Å². The fourth-order valence-electron chi connectivity index (χ4n) is 3.67. The molecule has 1 aliphatic heterocycles. The van der Waals surface area contributed by atoms with E-state index in [9.17, 15) is 14.4 Å². The normalized spacial score (nSPS) is 16.7. The van der Waals surface area contributed by atoms with Crippen molar-refractivity contribution in [2.45, 2.75) is 19.8 Å². The Bertz CT molecular complexity index is 1050. The summed E-state index contributed by atoms with van der Waals surface area (Å²) in [7, 11) is 0. The van der Waals surface area contributed by atoms with Gasteiger partial charge in [0.1, 0.15) is 0 Å². The highest BCUT2D eigenvalue weighted by Crippen LogP contribution is 2.31. The lowest BCUT2D eigenvalue weighted by Gasteiger charge is -2.31. The molecule has 1 unspecified atom stereocenters. The molecule has 3 aromatic rings. The van der Waals surface area contributed by atoms with Gasteiger partial charge in [-0.05, 0) is 48.2 Å². The molecule has 1 amide bonds. The number of ketones is 1. The molecule has 4 rings (SSSR count). The van der Waals surface area contributed by atoms with Gasteiger partial charge in [0, 0.05) is 17.8 Å². The Kier molecular flexibility index (Phi) is 5.78. The third-order valence-corrected chi connectivity index (χ3v) is 7.39. The van der Waals surface area contributed by atoms with Crippen molar-refractivity contribution in [1.29, 1.82) is 0 Å². The molecule has 29 heavy (non-hydrogen) atoms. The van der Waals surface area contributed by atoms with E-state index in [0.29, 0.717) is 29.3 Å². The largest absolute Gasteiger partial charge is 0.457 e. The number of piperidine rings is 1. The van der Waals surface area contributed by atoms with Crippen molar-refractivity contribution < 1.29 is 19.1 Å². The first-order valence-electron chi connectivity index (χ1n) is 9.55. The molecule has 1 aliphatic rings. The van der Waals surface area contributed by atoms with Gasteiger partial charge >= 0.3 is 5.97 Å². The maximum Gasteiger partial charge on any atom is 0.311 e. The first kappa shape index (κ1) is 19.8. The minimum absolute atomic E-state index is 0.0468. The van der Waals surface area contributed by atoms with Gasteiger partial charge < -0.3 is 9.64 Å². The van der Waals surface area contributed by atoms with Gasteiger partial charge in [-0.2, -0.15) is 0 Å². The number of likely N-dealkylation sites (tertiary alicyclic amines) is 1. The summed E-state index contributed by atoms with van der Waals surface area (Å²) < 4.78 is 6.40. The van der Waals surface area contributed by atoms with Crippen molar-refractivity contribution in [2.75, 3.05) is 19.7 Å². The molecule has 5 nitrogen and oxygen atoms in total. The maximum absolute atomic E-state index is 12.6. The lowest BCUT2D eigenvalue weighted by molar-refractivity contribution is -0.148. The van der Waals surface area contributed by atoms with E-state index < -0.39 is 5.97 Å². The van der Waals surface area contributed by atoms with E-state index in [4.69, 9.17) is 4.74 Å². The number of Topliss-reactive ketones (excluding diaryl/α,β-unsaturated/α-hetero) is 1. The van der Waals surface area contributed by atoms with Crippen LogP contribution in [0.1, 0.15) is 37.7 Å². The molecule has 1 saturated heterocycles. The summed E-state index contributed by atoms with van der Waals surface area (Å²) in [5, 5.41) is 2.92. The lowest BCUT2D eigenvalue weighted by Crippen LogP contribution is -2.42. The fraction of sp³-hybridized carbons (Fsp3) is 0.318. The third-order valence-electron chi connectivity index (χ3n) is 5.22. The summed E-state index contributed by atoms with van der Waals surface area (Å²) in [6.45, 7) is 2.64. The van der Waals surface area contributed by atoms with E-state index in [1.165, 1.54) is 22.7 Å². The van der Waals surface area contributed by atoms with Crippen LogP contribution in [0.25, 0.3) is 10.1 Å². The van der Waals surface area contributed by atoms with Crippen molar-refractivity contribution in [3.8, 4) is 0 Å². The van der Waals surface area contributed by atoms with E-state index >= 15 is 0 Å². The summed E-state index contributed by atoms with van der Waals surface area (Å²) in [6.07, 6.45) is 1.42. The van der Waals surface area contributed by atoms with Crippen molar-refractivity contribution in [3.63, 3.8) is 0 Å². The molecule has 2 aromatic heterocycles. The van der Waals surface area contributed by atoms with Crippen molar-refractivity contribution in [2.24, 2.45) is 5.92 Å². The zero-order valence-corrected chi connectivity index (χ0v) is 17.7. The number of amides is 1. The Morgan fingerprint density at radius 1 is 1.17 bits per heavy atom. The molecular formula is C22H21NO4S2. The third kappa shape index (κ3) is 4.11. The molecule has 3 heterocycles. The van der Waals surface area contributed by atoms with Gasteiger partial charge in [-0.3, -0.25) is 14.4 Å².